The highest BCUT2D eigenvalue weighted by atomic mass is 16.6. The standard InChI is InChI=1S/C19H28O4/c1-19(2,3)23-18(20)13-22-17-11-7-15(8-12-17)14-5-9-16(21-4)10-6-14/h5-6,9-10,15,17H,7-8,11-13H2,1-4H3. The van der Waals surface area contributed by atoms with E-state index in [1.165, 1.54) is 5.56 Å². The van der Waals surface area contributed by atoms with E-state index in [2.05, 4.69) is 12.1 Å². The predicted molar refractivity (Wildman–Crippen MR) is 89.8 cm³/mol. The molecule has 0 spiro atoms. The zero-order chi connectivity index (χ0) is 16.9. The number of benzene rings is 1. The van der Waals surface area contributed by atoms with Crippen LogP contribution in [0.3, 0.4) is 0 Å². The Bertz CT molecular complexity index is 493. The second-order valence-corrected chi connectivity index (χ2v) is 7.14. The van der Waals surface area contributed by atoms with Gasteiger partial charge in [0.15, 0.2) is 0 Å². The molecule has 1 aromatic rings. The number of ether oxygens (including phenoxy) is 3. The molecule has 1 aliphatic carbocycles. The summed E-state index contributed by atoms with van der Waals surface area (Å²) in [5.74, 6) is 1.18. The van der Waals surface area contributed by atoms with Crippen LogP contribution in [0.15, 0.2) is 24.3 Å². The van der Waals surface area contributed by atoms with Crippen LogP contribution in [0.2, 0.25) is 0 Å². The fraction of sp³-hybridized carbons (Fsp3) is 0.632. The van der Waals surface area contributed by atoms with Gasteiger partial charge in [0, 0.05) is 0 Å². The number of hydrogen-bond acceptors (Lipinski definition) is 4. The Balaban J connectivity index is 1.74. The molecule has 128 valence electrons. The molecule has 0 saturated heterocycles. The van der Waals surface area contributed by atoms with Crippen molar-refractivity contribution in [2.75, 3.05) is 13.7 Å². The summed E-state index contributed by atoms with van der Waals surface area (Å²) in [6, 6.07) is 8.32. The van der Waals surface area contributed by atoms with Gasteiger partial charge in [-0.2, -0.15) is 0 Å². The Labute approximate surface area is 139 Å². The van der Waals surface area contributed by atoms with Crippen molar-refractivity contribution in [3.8, 4) is 5.75 Å². The highest BCUT2D eigenvalue weighted by molar-refractivity contribution is 5.71. The minimum absolute atomic E-state index is 0.0507. The SMILES string of the molecule is COc1ccc(C2CCC(OCC(=O)OC(C)(C)C)CC2)cc1. The summed E-state index contributed by atoms with van der Waals surface area (Å²) in [4.78, 5) is 11.7. The van der Waals surface area contributed by atoms with Crippen LogP contribution in [0.4, 0.5) is 0 Å². The minimum Gasteiger partial charge on any atom is -0.497 e. The van der Waals surface area contributed by atoms with Gasteiger partial charge in [0.2, 0.25) is 0 Å². The van der Waals surface area contributed by atoms with Crippen molar-refractivity contribution >= 4 is 5.97 Å². The van der Waals surface area contributed by atoms with Crippen molar-refractivity contribution < 1.29 is 19.0 Å². The third-order valence-corrected chi connectivity index (χ3v) is 4.12. The molecule has 2 rings (SSSR count). The first-order valence-corrected chi connectivity index (χ1v) is 8.35. The quantitative estimate of drug-likeness (QED) is 0.767. The van der Waals surface area contributed by atoms with Gasteiger partial charge in [0.25, 0.3) is 0 Å². The van der Waals surface area contributed by atoms with Crippen molar-refractivity contribution in [3.63, 3.8) is 0 Å². The lowest BCUT2D eigenvalue weighted by Gasteiger charge is -2.29. The van der Waals surface area contributed by atoms with Crippen LogP contribution in [0.25, 0.3) is 0 Å². The zero-order valence-corrected chi connectivity index (χ0v) is 14.6. The van der Waals surface area contributed by atoms with Crippen LogP contribution in [-0.4, -0.2) is 31.4 Å². The largest absolute Gasteiger partial charge is 0.497 e. The lowest BCUT2D eigenvalue weighted by molar-refractivity contribution is -0.162. The lowest BCUT2D eigenvalue weighted by Crippen LogP contribution is -2.29. The first-order valence-electron chi connectivity index (χ1n) is 8.35. The Morgan fingerprint density at radius 3 is 2.22 bits per heavy atom. The summed E-state index contributed by atoms with van der Waals surface area (Å²) in [5, 5.41) is 0. The molecule has 1 aliphatic rings. The van der Waals surface area contributed by atoms with Crippen molar-refractivity contribution in [3.05, 3.63) is 29.8 Å². The number of carbonyl (C=O) groups excluding carboxylic acids is 1. The Morgan fingerprint density at radius 1 is 1.09 bits per heavy atom. The molecule has 1 fully saturated rings. The predicted octanol–water partition coefficient (Wildman–Crippen LogP) is 4.08. The van der Waals surface area contributed by atoms with E-state index >= 15 is 0 Å². The lowest BCUT2D eigenvalue weighted by atomic mass is 9.83. The van der Waals surface area contributed by atoms with Crippen molar-refractivity contribution in [2.24, 2.45) is 0 Å². The highest BCUT2D eigenvalue weighted by Gasteiger charge is 2.24. The monoisotopic (exact) mass is 320 g/mol. The maximum Gasteiger partial charge on any atom is 0.332 e. The minimum atomic E-state index is -0.452. The third kappa shape index (κ3) is 5.87. The molecule has 0 unspecified atom stereocenters. The maximum atomic E-state index is 11.7. The molecule has 0 aliphatic heterocycles. The topological polar surface area (TPSA) is 44.8 Å². The molecular weight excluding hydrogens is 292 g/mol. The highest BCUT2D eigenvalue weighted by Crippen LogP contribution is 2.34. The normalized spacial score (nSPS) is 21.7. The number of esters is 1. The van der Waals surface area contributed by atoms with E-state index < -0.39 is 5.60 Å². The summed E-state index contributed by atoms with van der Waals surface area (Å²) in [5.41, 5.74) is 0.906. The van der Waals surface area contributed by atoms with Gasteiger partial charge in [-0.25, -0.2) is 4.79 Å². The van der Waals surface area contributed by atoms with Gasteiger partial charge in [-0.05, 0) is 70.1 Å². The van der Waals surface area contributed by atoms with E-state index in [9.17, 15) is 4.79 Å². The molecule has 4 nitrogen and oxygen atoms in total. The van der Waals surface area contributed by atoms with Crippen molar-refractivity contribution in [1.82, 2.24) is 0 Å². The van der Waals surface area contributed by atoms with Crippen LogP contribution in [0.1, 0.15) is 57.9 Å². The van der Waals surface area contributed by atoms with E-state index in [-0.39, 0.29) is 18.7 Å². The molecule has 0 radical (unpaired) electrons. The Kier molecular flexibility index (Phi) is 6.05. The van der Waals surface area contributed by atoms with Gasteiger partial charge >= 0.3 is 5.97 Å². The van der Waals surface area contributed by atoms with E-state index in [4.69, 9.17) is 14.2 Å². The Morgan fingerprint density at radius 2 is 1.70 bits per heavy atom. The molecule has 0 aromatic heterocycles. The average molecular weight is 320 g/mol. The summed E-state index contributed by atoms with van der Waals surface area (Å²) in [6.07, 6.45) is 4.31. The molecule has 4 heteroatoms. The second kappa shape index (κ2) is 7.82. The van der Waals surface area contributed by atoms with Gasteiger partial charge in [-0.15, -0.1) is 0 Å². The van der Waals surface area contributed by atoms with Gasteiger partial charge < -0.3 is 14.2 Å². The fourth-order valence-electron chi connectivity index (χ4n) is 3.00. The molecule has 0 heterocycles. The van der Waals surface area contributed by atoms with Crippen LogP contribution < -0.4 is 4.74 Å². The van der Waals surface area contributed by atoms with Gasteiger partial charge in [-0.3, -0.25) is 0 Å². The maximum absolute atomic E-state index is 11.7. The summed E-state index contributed by atoms with van der Waals surface area (Å²) in [7, 11) is 1.68. The summed E-state index contributed by atoms with van der Waals surface area (Å²) >= 11 is 0. The van der Waals surface area contributed by atoms with Crippen LogP contribution in [0.5, 0.6) is 5.75 Å². The second-order valence-electron chi connectivity index (χ2n) is 7.14. The van der Waals surface area contributed by atoms with E-state index in [1.54, 1.807) is 7.11 Å². The zero-order valence-electron chi connectivity index (χ0n) is 14.6. The van der Waals surface area contributed by atoms with E-state index in [0.29, 0.717) is 5.92 Å². The van der Waals surface area contributed by atoms with Crippen LogP contribution in [-0.2, 0) is 14.3 Å². The van der Waals surface area contributed by atoms with E-state index in [0.717, 1.165) is 31.4 Å². The fourth-order valence-corrected chi connectivity index (χ4v) is 3.00. The molecule has 23 heavy (non-hydrogen) atoms. The molecule has 0 amide bonds. The molecule has 0 N–H and O–H groups in total. The van der Waals surface area contributed by atoms with Gasteiger partial charge in [-0.1, -0.05) is 12.1 Å². The van der Waals surface area contributed by atoms with Gasteiger partial charge in [0.1, 0.15) is 18.0 Å². The molecule has 1 aromatic carbocycles. The summed E-state index contributed by atoms with van der Waals surface area (Å²) in [6.45, 7) is 5.65. The average Bonchev–Trinajstić information content (AvgIpc) is 2.52. The number of carbonyl (C=O) groups is 1. The first-order chi connectivity index (χ1) is 10.9. The van der Waals surface area contributed by atoms with Crippen molar-refractivity contribution in [2.45, 2.75) is 64.1 Å². The van der Waals surface area contributed by atoms with Crippen LogP contribution >= 0.6 is 0 Å². The Hall–Kier alpha value is -1.55. The first kappa shape index (κ1) is 17.8. The number of methoxy groups -OCH3 is 1. The molecule has 1 saturated carbocycles. The van der Waals surface area contributed by atoms with Crippen molar-refractivity contribution in [1.29, 1.82) is 0 Å². The molecule has 0 bridgehead atoms. The van der Waals surface area contributed by atoms with Crippen LogP contribution in [0, 0.1) is 0 Å². The third-order valence-electron chi connectivity index (χ3n) is 4.12. The smallest absolute Gasteiger partial charge is 0.332 e. The molecule has 0 atom stereocenters. The summed E-state index contributed by atoms with van der Waals surface area (Å²) < 4.78 is 16.2. The molecular formula is C19H28O4. The number of hydrogen-bond donors (Lipinski definition) is 0. The van der Waals surface area contributed by atoms with E-state index in [1.807, 2.05) is 32.9 Å². The number of rotatable bonds is 5. The van der Waals surface area contributed by atoms with Gasteiger partial charge in [0.05, 0.1) is 13.2 Å².